The molecule has 0 aliphatic carbocycles. The summed E-state index contributed by atoms with van der Waals surface area (Å²) in [5.74, 6) is -0.177. The summed E-state index contributed by atoms with van der Waals surface area (Å²) in [5, 5.41) is 18.5. The van der Waals surface area contributed by atoms with E-state index in [9.17, 15) is 23.2 Å². The third-order valence-electron chi connectivity index (χ3n) is 1.84. The summed E-state index contributed by atoms with van der Waals surface area (Å²) < 4.78 is 36.7. The molecule has 1 aromatic carbocycles. The normalized spacial score (nSPS) is 12.6. The first-order chi connectivity index (χ1) is 7.36. The van der Waals surface area contributed by atoms with Gasteiger partial charge in [-0.25, -0.2) is 8.42 Å². The van der Waals surface area contributed by atoms with Crippen LogP contribution in [0.1, 0.15) is 17.9 Å². The zero-order valence-electron chi connectivity index (χ0n) is 9.45. The molecular weight excluding hydrogens is 259 g/mol. The molecule has 0 heterocycles. The molecule has 0 saturated carbocycles. The third kappa shape index (κ3) is 4.46. The number of phenols is 1. The van der Waals surface area contributed by atoms with Gasteiger partial charge in [-0.1, -0.05) is 6.07 Å². The number of hydrogen-bond donors (Lipinski definition) is 2. The molecule has 0 aliphatic heterocycles. The monoisotopic (exact) mass is 270 g/mol. The van der Waals surface area contributed by atoms with Crippen molar-refractivity contribution in [3.63, 3.8) is 0 Å². The van der Waals surface area contributed by atoms with Crippen LogP contribution < -0.4 is 34.3 Å². The van der Waals surface area contributed by atoms with Crippen molar-refractivity contribution in [1.29, 1.82) is 0 Å². The Bertz CT molecular complexity index is 472. The molecule has 0 aliphatic rings. The van der Waals surface area contributed by atoms with Crippen molar-refractivity contribution in [1.82, 2.24) is 0 Å². The quantitative estimate of drug-likeness (QED) is 0.456. The minimum absolute atomic E-state index is 0. The van der Waals surface area contributed by atoms with Crippen molar-refractivity contribution < 1.29 is 57.5 Å². The van der Waals surface area contributed by atoms with Gasteiger partial charge in [0, 0.05) is 0 Å². The van der Waals surface area contributed by atoms with Gasteiger partial charge >= 0.3 is 29.6 Å². The molecule has 1 aromatic rings. The predicted octanol–water partition coefficient (Wildman–Crippen LogP) is -2.67. The van der Waals surface area contributed by atoms with Gasteiger partial charge in [0.05, 0.1) is 6.61 Å². The Labute approximate surface area is 121 Å². The summed E-state index contributed by atoms with van der Waals surface area (Å²) in [6.07, 6.45) is 0. The Kier molecular flexibility index (Phi) is 6.46. The third-order valence-corrected chi connectivity index (χ3v) is 2.66. The van der Waals surface area contributed by atoms with Gasteiger partial charge < -0.3 is 19.5 Å². The van der Waals surface area contributed by atoms with E-state index >= 15 is 0 Å². The van der Waals surface area contributed by atoms with Crippen LogP contribution in [-0.2, 0) is 10.1 Å². The van der Waals surface area contributed by atoms with Crippen LogP contribution in [-0.4, -0.2) is 29.8 Å². The van der Waals surface area contributed by atoms with Crippen molar-refractivity contribution in [3.8, 4) is 11.5 Å². The van der Waals surface area contributed by atoms with Crippen LogP contribution in [0.3, 0.4) is 0 Å². The van der Waals surface area contributed by atoms with Crippen LogP contribution in [0.25, 0.3) is 0 Å². The maximum Gasteiger partial charge on any atom is 1.00 e. The summed E-state index contributed by atoms with van der Waals surface area (Å²) >= 11 is 0. The zero-order valence-corrected chi connectivity index (χ0v) is 12.3. The Morgan fingerprint density at radius 3 is 2.53 bits per heavy atom. The first-order valence-electron chi connectivity index (χ1n) is 4.44. The molecule has 2 N–H and O–H groups in total. The van der Waals surface area contributed by atoms with Gasteiger partial charge in [-0.2, -0.15) is 0 Å². The van der Waals surface area contributed by atoms with Crippen LogP contribution in [0.4, 0.5) is 0 Å². The molecule has 1 atom stereocenters. The molecule has 0 saturated heterocycles. The molecule has 1 rings (SSSR count). The van der Waals surface area contributed by atoms with Crippen molar-refractivity contribution >= 4 is 10.1 Å². The fraction of sp³-hybridized carbons (Fsp3) is 0.333. The molecule has 0 aromatic heterocycles. The van der Waals surface area contributed by atoms with Crippen molar-refractivity contribution in [3.05, 3.63) is 23.8 Å². The van der Waals surface area contributed by atoms with Crippen molar-refractivity contribution in [2.24, 2.45) is 0 Å². The van der Waals surface area contributed by atoms with E-state index in [0.29, 0.717) is 0 Å². The van der Waals surface area contributed by atoms with Gasteiger partial charge in [0.25, 0.3) is 0 Å². The van der Waals surface area contributed by atoms with Gasteiger partial charge in [-0.15, -0.1) is 0 Å². The summed E-state index contributed by atoms with van der Waals surface area (Å²) in [7, 11) is -4.83. The second kappa shape index (κ2) is 6.58. The number of ether oxygens (including phenoxy) is 1. The molecule has 17 heavy (non-hydrogen) atoms. The van der Waals surface area contributed by atoms with Gasteiger partial charge in [-0.3, -0.25) is 0 Å². The van der Waals surface area contributed by atoms with E-state index in [1.807, 2.05) is 0 Å². The van der Waals surface area contributed by atoms with E-state index in [-0.39, 0.29) is 53.2 Å². The number of aromatic hydroxyl groups is 1. The van der Waals surface area contributed by atoms with E-state index in [2.05, 4.69) is 0 Å². The van der Waals surface area contributed by atoms with E-state index in [1.54, 1.807) is 6.92 Å². The largest absolute Gasteiger partial charge is 1.00 e. The van der Waals surface area contributed by atoms with E-state index in [0.717, 1.165) is 18.2 Å². The fourth-order valence-corrected chi connectivity index (χ4v) is 1.60. The summed E-state index contributed by atoms with van der Waals surface area (Å²) in [5.41, 5.74) is -2.30. The number of benzene rings is 1. The molecular formula is C9H11NaO6S. The molecule has 6 nitrogen and oxygen atoms in total. The molecule has 0 bridgehead atoms. The maximum atomic E-state index is 10.6. The van der Waals surface area contributed by atoms with Crippen LogP contribution in [0.2, 0.25) is 0 Å². The minimum Gasteiger partial charge on any atom is -0.746 e. The zero-order chi connectivity index (χ0) is 12.3. The number of rotatable bonds is 4. The number of aliphatic hydroxyl groups excluding tert-OH is 1. The molecule has 0 amide bonds. The van der Waals surface area contributed by atoms with Crippen LogP contribution in [0.5, 0.6) is 11.5 Å². The molecule has 8 heteroatoms. The van der Waals surface area contributed by atoms with Crippen LogP contribution in [0, 0.1) is 0 Å². The molecule has 0 spiro atoms. The van der Waals surface area contributed by atoms with Crippen molar-refractivity contribution in [2.75, 3.05) is 6.61 Å². The average molecular weight is 270 g/mol. The molecule has 0 radical (unpaired) electrons. The summed E-state index contributed by atoms with van der Waals surface area (Å²) in [6.45, 7) is 1.93. The maximum absolute atomic E-state index is 10.6. The van der Waals surface area contributed by atoms with Gasteiger partial charge in [0.2, 0.25) is 0 Å². The second-order valence-electron chi connectivity index (χ2n) is 3.01. The first-order valence-corrected chi connectivity index (χ1v) is 5.92. The second-order valence-corrected chi connectivity index (χ2v) is 4.44. The first kappa shape index (κ1) is 16.7. The van der Waals surface area contributed by atoms with E-state index in [1.165, 1.54) is 0 Å². The molecule has 1 unspecified atom stereocenters. The van der Waals surface area contributed by atoms with E-state index < -0.39 is 15.6 Å². The smallest absolute Gasteiger partial charge is 0.746 e. The van der Waals surface area contributed by atoms with Gasteiger partial charge in [0.15, 0.2) is 16.9 Å². The summed E-state index contributed by atoms with van der Waals surface area (Å²) in [6, 6.07) is 3.39. The van der Waals surface area contributed by atoms with Gasteiger partial charge in [-0.05, 0) is 24.6 Å². The Hall–Kier alpha value is -0.310. The van der Waals surface area contributed by atoms with Crippen molar-refractivity contribution in [2.45, 2.75) is 12.4 Å². The Morgan fingerprint density at radius 2 is 2.06 bits per heavy atom. The van der Waals surface area contributed by atoms with Crippen LogP contribution in [0.15, 0.2) is 18.2 Å². The molecule has 90 valence electrons. The standard InChI is InChI=1S/C9H12O6S.Na/c1-2-15-8-5-6(3-4-7(8)10)9(11)16(12,13)14;/h3-5,9-11H,2H2,1H3,(H,12,13,14);/q;+1/p-1. The average Bonchev–Trinajstić information content (AvgIpc) is 2.19. The van der Waals surface area contributed by atoms with Crippen LogP contribution >= 0.6 is 0 Å². The predicted molar refractivity (Wildman–Crippen MR) is 53.9 cm³/mol. The Balaban J connectivity index is 0.00000256. The fourth-order valence-electron chi connectivity index (χ4n) is 1.12. The number of phenolic OH excluding ortho intramolecular Hbond substituents is 1. The number of aliphatic hydroxyl groups is 1. The SMILES string of the molecule is CCOc1cc(C(O)S(=O)(=O)[O-])ccc1O.[Na+]. The summed E-state index contributed by atoms with van der Waals surface area (Å²) in [4.78, 5) is 0. The van der Waals surface area contributed by atoms with E-state index in [4.69, 9.17) is 4.74 Å². The molecule has 0 fully saturated rings. The minimum atomic E-state index is -4.83. The number of hydrogen-bond acceptors (Lipinski definition) is 6. The Morgan fingerprint density at radius 1 is 1.47 bits per heavy atom. The van der Waals surface area contributed by atoms with Gasteiger partial charge in [0.1, 0.15) is 10.1 Å². The topological polar surface area (TPSA) is 107 Å².